The Morgan fingerprint density at radius 3 is 2.71 bits per heavy atom. The lowest BCUT2D eigenvalue weighted by atomic mass is 9.90. The molecule has 0 aliphatic heterocycles. The molecule has 0 aromatic heterocycles. The molecule has 0 aliphatic rings. The molecule has 17 heavy (non-hydrogen) atoms. The lowest BCUT2D eigenvalue weighted by Gasteiger charge is -2.15. The van der Waals surface area contributed by atoms with E-state index in [-0.39, 0.29) is 5.97 Å². The van der Waals surface area contributed by atoms with Gasteiger partial charge in [-0.3, -0.25) is 4.79 Å². The van der Waals surface area contributed by atoms with Crippen LogP contribution in [0.15, 0.2) is 24.3 Å². The molecular weight excluding hydrogens is 212 g/mol. The number of ether oxygens (including phenoxy) is 1. The van der Waals surface area contributed by atoms with Gasteiger partial charge in [0.25, 0.3) is 0 Å². The Hall–Kier alpha value is -1.49. The lowest BCUT2D eigenvalue weighted by Crippen LogP contribution is -2.07. The fourth-order valence-corrected chi connectivity index (χ4v) is 1.47. The van der Waals surface area contributed by atoms with Crippen LogP contribution in [0.1, 0.15) is 33.1 Å². The molecule has 0 aliphatic carbocycles. The molecule has 0 amide bonds. The van der Waals surface area contributed by atoms with E-state index in [1.54, 1.807) is 6.08 Å². The van der Waals surface area contributed by atoms with Gasteiger partial charge in [-0.1, -0.05) is 38.0 Å². The maximum atomic E-state index is 10.9. The number of hydrogen-bond acceptors (Lipinski definition) is 2. The van der Waals surface area contributed by atoms with Gasteiger partial charge in [0.15, 0.2) is 0 Å². The van der Waals surface area contributed by atoms with Gasteiger partial charge in [-0.05, 0) is 30.8 Å². The van der Waals surface area contributed by atoms with Crippen molar-refractivity contribution in [3.05, 3.63) is 24.3 Å². The molecular formula is C15H22O2. The number of carbonyl (C=O) groups excluding carboxylic acids is 1. The van der Waals surface area contributed by atoms with E-state index in [0.717, 1.165) is 12.8 Å². The summed E-state index contributed by atoms with van der Waals surface area (Å²) in [5.41, 5.74) is 0. The first-order chi connectivity index (χ1) is 8.11. The molecule has 0 heterocycles. The monoisotopic (exact) mass is 234 g/mol. The largest absolute Gasteiger partial charge is 0.469 e. The van der Waals surface area contributed by atoms with Gasteiger partial charge in [0.05, 0.1) is 7.11 Å². The van der Waals surface area contributed by atoms with Crippen molar-refractivity contribution in [2.75, 3.05) is 7.11 Å². The SMILES string of the molecule is C#C/C=C/C=C/[C@@H](C)[C@@H](C)CCCC(=O)OC. The third-order valence-corrected chi connectivity index (χ3v) is 2.88. The van der Waals surface area contributed by atoms with Crippen LogP contribution in [-0.4, -0.2) is 13.1 Å². The molecule has 0 saturated carbocycles. The molecule has 0 bridgehead atoms. The van der Waals surface area contributed by atoms with Crippen molar-refractivity contribution >= 4 is 5.97 Å². The number of rotatable bonds is 7. The highest BCUT2D eigenvalue weighted by atomic mass is 16.5. The van der Waals surface area contributed by atoms with Gasteiger partial charge in [-0.2, -0.15) is 0 Å². The van der Waals surface area contributed by atoms with E-state index in [1.165, 1.54) is 7.11 Å². The molecule has 0 radical (unpaired) electrons. The Balaban J connectivity index is 3.86. The minimum atomic E-state index is -0.127. The van der Waals surface area contributed by atoms with Crippen molar-refractivity contribution in [3.8, 4) is 12.3 Å². The highest BCUT2D eigenvalue weighted by molar-refractivity contribution is 5.68. The minimum absolute atomic E-state index is 0.127. The van der Waals surface area contributed by atoms with E-state index < -0.39 is 0 Å². The topological polar surface area (TPSA) is 26.3 Å². The number of carbonyl (C=O) groups is 1. The Morgan fingerprint density at radius 2 is 2.12 bits per heavy atom. The smallest absolute Gasteiger partial charge is 0.305 e. The van der Waals surface area contributed by atoms with Gasteiger partial charge in [-0.15, -0.1) is 6.42 Å². The molecule has 94 valence electrons. The summed E-state index contributed by atoms with van der Waals surface area (Å²) < 4.78 is 4.60. The lowest BCUT2D eigenvalue weighted by molar-refractivity contribution is -0.140. The zero-order valence-electron chi connectivity index (χ0n) is 11.0. The third-order valence-electron chi connectivity index (χ3n) is 2.88. The van der Waals surface area contributed by atoms with Crippen molar-refractivity contribution in [2.45, 2.75) is 33.1 Å². The van der Waals surface area contributed by atoms with Crippen LogP contribution in [0.2, 0.25) is 0 Å². The number of allylic oxidation sites excluding steroid dienone is 4. The maximum Gasteiger partial charge on any atom is 0.305 e. The maximum absolute atomic E-state index is 10.9. The van der Waals surface area contributed by atoms with Gasteiger partial charge in [0, 0.05) is 6.42 Å². The second kappa shape index (κ2) is 9.72. The Bertz CT molecular complexity index is 307. The van der Waals surface area contributed by atoms with Crippen molar-refractivity contribution in [1.82, 2.24) is 0 Å². The summed E-state index contributed by atoms with van der Waals surface area (Å²) in [5.74, 6) is 3.35. The van der Waals surface area contributed by atoms with Crippen LogP contribution in [0.25, 0.3) is 0 Å². The van der Waals surface area contributed by atoms with E-state index in [2.05, 4.69) is 30.6 Å². The summed E-state index contributed by atoms with van der Waals surface area (Å²) in [6, 6.07) is 0. The van der Waals surface area contributed by atoms with Gasteiger partial charge < -0.3 is 4.74 Å². The Labute approximate surface area is 105 Å². The molecule has 2 nitrogen and oxygen atoms in total. The van der Waals surface area contributed by atoms with E-state index >= 15 is 0 Å². The van der Waals surface area contributed by atoms with Crippen molar-refractivity contribution in [3.63, 3.8) is 0 Å². The summed E-state index contributed by atoms with van der Waals surface area (Å²) in [7, 11) is 1.43. The predicted octanol–water partition coefficient (Wildman–Crippen LogP) is 3.35. The second-order valence-corrected chi connectivity index (χ2v) is 4.22. The molecule has 2 atom stereocenters. The van der Waals surface area contributed by atoms with Crippen LogP contribution in [0, 0.1) is 24.2 Å². The first-order valence-electron chi connectivity index (χ1n) is 5.98. The summed E-state index contributed by atoms with van der Waals surface area (Å²) in [5, 5.41) is 0. The fourth-order valence-electron chi connectivity index (χ4n) is 1.47. The van der Waals surface area contributed by atoms with E-state index in [4.69, 9.17) is 6.42 Å². The zero-order valence-corrected chi connectivity index (χ0v) is 11.0. The van der Waals surface area contributed by atoms with E-state index in [0.29, 0.717) is 18.3 Å². The van der Waals surface area contributed by atoms with Crippen molar-refractivity contribution < 1.29 is 9.53 Å². The first-order valence-corrected chi connectivity index (χ1v) is 5.98. The molecule has 0 rings (SSSR count). The highest BCUT2D eigenvalue weighted by Crippen LogP contribution is 2.19. The molecule has 0 aromatic rings. The summed E-state index contributed by atoms with van der Waals surface area (Å²) in [6.07, 6.45) is 15.2. The zero-order chi connectivity index (χ0) is 13.1. The van der Waals surface area contributed by atoms with E-state index in [1.807, 2.05) is 12.2 Å². The first kappa shape index (κ1) is 15.5. The molecule has 0 fully saturated rings. The molecule has 0 spiro atoms. The van der Waals surface area contributed by atoms with Crippen LogP contribution in [0.3, 0.4) is 0 Å². The van der Waals surface area contributed by atoms with Crippen LogP contribution in [0.5, 0.6) is 0 Å². The summed E-state index contributed by atoms with van der Waals surface area (Å²) in [4.78, 5) is 10.9. The minimum Gasteiger partial charge on any atom is -0.469 e. The Morgan fingerprint density at radius 1 is 1.41 bits per heavy atom. The predicted molar refractivity (Wildman–Crippen MR) is 71.3 cm³/mol. The molecule has 0 unspecified atom stereocenters. The average molecular weight is 234 g/mol. The van der Waals surface area contributed by atoms with Gasteiger partial charge in [-0.25, -0.2) is 0 Å². The third kappa shape index (κ3) is 8.33. The Kier molecular flexibility index (Phi) is 8.86. The normalized spacial score (nSPS) is 14.7. The summed E-state index contributed by atoms with van der Waals surface area (Å²) in [6.45, 7) is 4.36. The quantitative estimate of drug-likeness (QED) is 0.383. The van der Waals surface area contributed by atoms with Crippen molar-refractivity contribution in [1.29, 1.82) is 0 Å². The molecule has 2 heteroatoms. The number of hydrogen-bond donors (Lipinski definition) is 0. The molecule has 0 aromatic carbocycles. The van der Waals surface area contributed by atoms with Gasteiger partial charge >= 0.3 is 5.97 Å². The second-order valence-electron chi connectivity index (χ2n) is 4.22. The van der Waals surface area contributed by atoms with Crippen molar-refractivity contribution in [2.24, 2.45) is 11.8 Å². The van der Waals surface area contributed by atoms with Gasteiger partial charge in [0.2, 0.25) is 0 Å². The standard InChI is InChI=1S/C15H22O2/c1-5-6-7-8-10-13(2)14(3)11-9-12-15(16)17-4/h1,6-8,10,13-14H,9,11-12H2,2-4H3/b7-6+,10-8+/t13-,14+/m1/s1. The number of esters is 1. The highest BCUT2D eigenvalue weighted by Gasteiger charge is 2.09. The van der Waals surface area contributed by atoms with Gasteiger partial charge in [0.1, 0.15) is 0 Å². The van der Waals surface area contributed by atoms with E-state index in [9.17, 15) is 4.79 Å². The fraction of sp³-hybridized carbons (Fsp3) is 0.533. The molecule has 0 N–H and O–H groups in total. The number of terminal acetylenes is 1. The van der Waals surface area contributed by atoms with Crippen LogP contribution in [0.4, 0.5) is 0 Å². The van der Waals surface area contributed by atoms with Crippen LogP contribution in [-0.2, 0) is 9.53 Å². The van der Waals surface area contributed by atoms with Crippen LogP contribution >= 0.6 is 0 Å². The average Bonchev–Trinajstić information content (AvgIpc) is 2.33. The summed E-state index contributed by atoms with van der Waals surface area (Å²) >= 11 is 0. The van der Waals surface area contributed by atoms with Crippen LogP contribution < -0.4 is 0 Å². The number of methoxy groups -OCH3 is 1. The molecule has 0 saturated heterocycles.